The van der Waals surface area contributed by atoms with E-state index in [1.807, 2.05) is 0 Å². The molecule has 0 fully saturated rings. The summed E-state index contributed by atoms with van der Waals surface area (Å²) in [6.07, 6.45) is 2.79. The van der Waals surface area contributed by atoms with Crippen molar-refractivity contribution in [3.05, 3.63) is 69.2 Å². The van der Waals surface area contributed by atoms with Gasteiger partial charge in [0.25, 0.3) is 5.69 Å². The largest absolute Gasteiger partial charge is 0.495 e. The molecule has 1 amide bonds. The van der Waals surface area contributed by atoms with Gasteiger partial charge in [0.1, 0.15) is 5.75 Å². The van der Waals surface area contributed by atoms with Crippen LogP contribution in [0.3, 0.4) is 0 Å². The fourth-order valence-electron chi connectivity index (χ4n) is 1.94. The number of hydrogen-bond acceptors (Lipinski definition) is 5. The second-order valence-electron chi connectivity index (χ2n) is 4.97. The van der Waals surface area contributed by atoms with E-state index < -0.39 is 10.8 Å². The van der Waals surface area contributed by atoms with Crippen molar-refractivity contribution in [3.8, 4) is 5.75 Å². The summed E-state index contributed by atoms with van der Waals surface area (Å²) in [6, 6.07) is 10.8. The lowest BCUT2D eigenvalue weighted by atomic mass is 10.2. The van der Waals surface area contributed by atoms with Crippen molar-refractivity contribution >= 4 is 52.3 Å². The Labute approximate surface area is 159 Å². The van der Waals surface area contributed by atoms with Crippen LogP contribution in [-0.4, -0.2) is 23.1 Å². The number of rotatable bonds is 5. The number of nitro groups is 1. The second kappa shape index (κ2) is 8.93. The molecule has 0 heterocycles. The first-order chi connectivity index (χ1) is 12.4. The highest BCUT2D eigenvalue weighted by Crippen LogP contribution is 2.27. The molecule has 0 saturated heterocycles. The molecule has 7 nitrogen and oxygen atoms in total. The van der Waals surface area contributed by atoms with Gasteiger partial charge in [-0.05, 0) is 54.2 Å². The van der Waals surface area contributed by atoms with E-state index in [4.69, 9.17) is 28.6 Å². The van der Waals surface area contributed by atoms with Crippen molar-refractivity contribution in [2.45, 2.75) is 0 Å². The maximum Gasteiger partial charge on any atom is 0.269 e. The van der Waals surface area contributed by atoms with E-state index in [1.165, 1.54) is 43.5 Å². The predicted molar refractivity (Wildman–Crippen MR) is 104 cm³/mol. The molecule has 0 unspecified atom stereocenters. The summed E-state index contributed by atoms with van der Waals surface area (Å²) in [7, 11) is 1.51. The summed E-state index contributed by atoms with van der Waals surface area (Å²) < 4.78 is 5.06. The standard InChI is InChI=1S/C17H14ClN3O4S/c1-25-15-8-5-12(10-14(15)18)19-17(26)20-16(22)9-4-11-2-6-13(7-3-11)21(23)24/h2-10H,1H3,(H2,19,20,22,26)/b9-4+. The average molecular weight is 392 g/mol. The number of nitrogens with zero attached hydrogens (tertiary/aromatic N) is 1. The van der Waals surface area contributed by atoms with Gasteiger partial charge in [0, 0.05) is 23.9 Å². The Balaban J connectivity index is 1.91. The van der Waals surface area contributed by atoms with Crippen LogP contribution in [0.4, 0.5) is 11.4 Å². The van der Waals surface area contributed by atoms with Gasteiger partial charge in [0.05, 0.1) is 17.1 Å². The topological polar surface area (TPSA) is 93.5 Å². The quantitative estimate of drug-likeness (QED) is 0.348. The van der Waals surface area contributed by atoms with E-state index in [0.29, 0.717) is 22.0 Å². The van der Waals surface area contributed by atoms with Crippen LogP contribution in [0.25, 0.3) is 6.08 Å². The molecule has 0 spiro atoms. The molecule has 134 valence electrons. The van der Waals surface area contributed by atoms with Crippen molar-refractivity contribution in [3.63, 3.8) is 0 Å². The number of ether oxygens (including phenoxy) is 1. The van der Waals surface area contributed by atoms with E-state index in [2.05, 4.69) is 10.6 Å². The molecule has 0 radical (unpaired) electrons. The van der Waals surface area contributed by atoms with Crippen LogP contribution in [0.15, 0.2) is 48.5 Å². The van der Waals surface area contributed by atoms with E-state index in [1.54, 1.807) is 18.2 Å². The van der Waals surface area contributed by atoms with Gasteiger partial charge in [-0.1, -0.05) is 11.6 Å². The number of nitro benzene ring substituents is 1. The molecular weight excluding hydrogens is 378 g/mol. The van der Waals surface area contributed by atoms with Gasteiger partial charge >= 0.3 is 0 Å². The van der Waals surface area contributed by atoms with Crippen LogP contribution in [0, 0.1) is 10.1 Å². The number of halogens is 1. The zero-order valence-electron chi connectivity index (χ0n) is 13.6. The number of carbonyl (C=O) groups is 1. The lowest BCUT2D eigenvalue weighted by Crippen LogP contribution is -2.32. The number of hydrogen-bond donors (Lipinski definition) is 2. The summed E-state index contributed by atoms with van der Waals surface area (Å²) in [5, 5.41) is 16.4. The Morgan fingerprint density at radius 2 is 1.96 bits per heavy atom. The number of non-ortho nitro benzene ring substituents is 1. The fourth-order valence-corrected chi connectivity index (χ4v) is 2.42. The molecule has 2 N–H and O–H groups in total. The minimum absolute atomic E-state index is 0.0184. The summed E-state index contributed by atoms with van der Waals surface area (Å²) in [5.41, 5.74) is 1.22. The van der Waals surface area contributed by atoms with E-state index in [9.17, 15) is 14.9 Å². The first-order valence-corrected chi connectivity index (χ1v) is 8.05. The van der Waals surface area contributed by atoms with Crippen molar-refractivity contribution in [2.24, 2.45) is 0 Å². The first-order valence-electron chi connectivity index (χ1n) is 7.27. The summed E-state index contributed by atoms with van der Waals surface area (Å²) >= 11 is 11.1. The maximum absolute atomic E-state index is 11.9. The molecule has 0 bridgehead atoms. The van der Waals surface area contributed by atoms with Gasteiger partial charge in [-0.3, -0.25) is 20.2 Å². The smallest absolute Gasteiger partial charge is 0.269 e. The van der Waals surface area contributed by atoms with Gasteiger partial charge in [-0.2, -0.15) is 0 Å². The molecule has 2 aromatic carbocycles. The number of nitrogens with one attached hydrogen (secondary N) is 2. The molecular formula is C17H14ClN3O4S. The van der Waals surface area contributed by atoms with Gasteiger partial charge in [0.2, 0.25) is 5.91 Å². The molecule has 2 rings (SSSR count). The van der Waals surface area contributed by atoms with Crippen LogP contribution >= 0.6 is 23.8 Å². The number of carbonyl (C=O) groups excluding carboxylic acids is 1. The summed E-state index contributed by atoms with van der Waals surface area (Å²) in [6.45, 7) is 0. The van der Waals surface area contributed by atoms with Crippen LogP contribution in [0.5, 0.6) is 5.75 Å². The number of anilines is 1. The van der Waals surface area contributed by atoms with Crippen molar-refractivity contribution in [1.82, 2.24) is 5.32 Å². The summed E-state index contributed by atoms with van der Waals surface area (Å²) in [5.74, 6) is 0.0821. The van der Waals surface area contributed by atoms with Gasteiger partial charge < -0.3 is 10.1 Å². The molecule has 9 heteroatoms. The number of methoxy groups -OCH3 is 1. The summed E-state index contributed by atoms with van der Waals surface area (Å²) in [4.78, 5) is 22.0. The zero-order valence-corrected chi connectivity index (χ0v) is 15.1. The SMILES string of the molecule is COc1ccc(NC(=S)NC(=O)/C=C/c2ccc([N+](=O)[O-])cc2)cc1Cl. The van der Waals surface area contributed by atoms with E-state index >= 15 is 0 Å². The molecule has 0 aliphatic rings. The Morgan fingerprint density at radius 1 is 1.27 bits per heavy atom. The van der Waals surface area contributed by atoms with Crippen LogP contribution in [0.1, 0.15) is 5.56 Å². The number of benzene rings is 2. The molecule has 26 heavy (non-hydrogen) atoms. The molecule has 0 aliphatic carbocycles. The molecule has 0 saturated carbocycles. The van der Waals surface area contributed by atoms with E-state index in [0.717, 1.165) is 0 Å². The minimum Gasteiger partial charge on any atom is -0.495 e. The van der Waals surface area contributed by atoms with Crippen LogP contribution in [0.2, 0.25) is 5.02 Å². The van der Waals surface area contributed by atoms with E-state index in [-0.39, 0.29) is 10.8 Å². The molecule has 0 atom stereocenters. The highest BCUT2D eigenvalue weighted by molar-refractivity contribution is 7.80. The first kappa shape index (κ1) is 19.4. The number of amides is 1. The molecule has 2 aromatic rings. The van der Waals surface area contributed by atoms with Gasteiger partial charge in [-0.25, -0.2) is 0 Å². The van der Waals surface area contributed by atoms with Crippen molar-refractivity contribution in [2.75, 3.05) is 12.4 Å². The molecule has 0 aromatic heterocycles. The Kier molecular flexibility index (Phi) is 6.65. The Bertz CT molecular complexity index is 869. The monoisotopic (exact) mass is 391 g/mol. The van der Waals surface area contributed by atoms with Crippen LogP contribution in [-0.2, 0) is 4.79 Å². The molecule has 0 aliphatic heterocycles. The maximum atomic E-state index is 11.9. The van der Waals surface area contributed by atoms with Crippen LogP contribution < -0.4 is 15.4 Å². The second-order valence-corrected chi connectivity index (χ2v) is 5.79. The van der Waals surface area contributed by atoms with Crippen molar-refractivity contribution < 1.29 is 14.5 Å². The number of thiocarbonyl (C=S) groups is 1. The third-order valence-corrected chi connectivity index (χ3v) is 3.68. The van der Waals surface area contributed by atoms with Gasteiger partial charge in [0.15, 0.2) is 5.11 Å². The third kappa shape index (κ3) is 5.54. The van der Waals surface area contributed by atoms with Gasteiger partial charge in [-0.15, -0.1) is 0 Å². The lowest BCUT2D eigenvalue weighted by molar-refractivity contribution is -0.384. The normalized spacial score (nSPS) is 10.4. The minimum atomic E-state index is -0.490. The third-order valence-electron chi connectivity index (χ3n) is 3.18. The Morgan fingerprint density at radius 3 is 2.54 bits per heavy atom. The highest BCUT2D eigenvalue weighted by Gasteiger charge is 2.06. The Hall–Kier alpha value is -2.97. The zero-order chi connectivity index (χ0) is 19.1. The average Bonchev–Trinajstić information content (AvgIpc) is 2.60. The highest BCUT2D eigenvalue weighted by atomic mass is 35.5. The fraction of sp³-hybridized carbons (Fsp3) is 0.0588. The van der Waals surface area contributed by atoms with Crippen molar-refractivity contribution in [1.29, 1.82) is 0 Å². The predicted octanol–water partition coefficient (Wildman–Crippen LogP) is 3.78. The lowest BCUT2D eigenvalue weighted by Gasteiger charge is -2.10.